The number of amides is 1. The Morgan fingerprint density at radius 2 is 2.02 bits per heavy atom. The van der Waals surface area contributed by atoms with E-state index in [1.54, 1.807) is 19.3 Å². The van der Waals surface area contributed by atoms with Gasteiger partial charge in [0.2, 0.25) is 0 Å². The Labute approximate surface area is 238 Å². The Bertz CT molecular complexity index is 1490. The van der Waals surface area contributed by atoms with E-state index in [9.17, 15) is 18.8 Å². The fraction of sp³-hybridized carbons (Fsp3) is 0.516. The molecule has 10 heteroatoms. The van der Waals surface area contributed by atoms with Gasteiger partial charge in [-0.25, -0.2) is 13.8 Å². The maximum atomic E-state index is 14.0. The third kappa shape index (κ3) is 5.73. The average Bonchev–Trinajstić information content (AvgIpc) is 3.70. The highest BCUT2D eigenvalue weighted by Crippen LogP contribution is 2.50. The summed E-state index contributed by atoms with van der Waals surface area (Å²) in [5.41, 5.74) is 3.64. The highest BCUT2D eigenvalue weighted by molar-refractivity contribution is 6.03. The van der Waals surface area contributed by atoms with Crippen LogP contribution in [0.15, 0.2) is 42.7 Å². The van der Waals surface area contributed by atoms with Crippen molar-refractivity contribution in [2.45, 2.75) is 69.2 Å². The van der Waals surface area contributed by atoms with Gasteiger partial charge in [0, 0.05) is 74.1 Å². The molecule has 1 atom stereocenters. The van der Waals surface area contributed by atoms with Gasteiger partial charge in [0.1, 0.15) is 17.8 Å². The van der Waals surface area contributed by atoms with Crippen LogP contribution in [0.25, 0.3) is 0 Å². The number of benzene rings is 1. The standard InChI is InChI=1S/C31H35F2N7O/c1-20-17-40(9-8-31(20,32)33)18-21-10-26(23-6-7-23)37-27(11-21)29(41)36-25-5-3-4-24(12-25)30(13-22(14-30)16-34)15-28-38-35-19-39(28)2/h3-5,10-12,19-20,22-23H,6-9,13-15,17-18H2,1-2H3,(H,36,41)/t20-,22-,30-/m1/s1. The van der Waals surface area contributed by atoms with Crippen molar-refractivity contribution >= 4 is 11.6 Å². The minimum atomic E-state index is -2.63. The second-order valence-corrected chi connectivity index (χ2v) is 12.3. The first-order valence-electron chi connectivity index (χ1n) is 14.4. The monoisotopic (exact) mass is 559 g/mol. The molecule has 0 bridgehead atoms. The van der Waals surface area contributed by atoms with Crippen molar-refractivity contribution in [3.05, 3.63) is 71.1 Å². The van der Waals surface area contributed by atoms with Gasteiger partial charge < -0.3 is 9.88 Å². The number of anilines is 1. The van der Waals surface area contributed by atoms with Gasteiger partial charge >= 0.3 is 0 Å². The molecule has 0 spiro atoms. The number of nitriles is 1. The number of carbonyl (C=O) groups is 1. The number of piperidine rings is 1. The number of pyridine rings is 1. The van der Waals surface area contributed by atoms with Crippen LogP contribution in [0.2, 0.25) is 0 Å². The minimum Gasteiger partial charge on any atom is -0.321 e. The quantitative estimate of drug-likeness (QED) is 0.406. The van der Waals surface area contributed by atoms with Crippen LogP contribution in [-0.2, 0) is 25.4 Å². The zero-order chi connectivity index (χ0) is 28.8. The number of hydrogen-bond acceptors (Lipinski definition) is 6. The number of halogens is 2. The van der Waals surface area contributed by atoms with Crippen LogP contribution < -0.4 is 5.32 Å². The molecule has 0 unspecified atom stereocenters. The van der Waals surface area contributed by atoms with Crippen molar-refractivity contribution < 1.29 is 13.6 Å². The predicted molar refractivity (Wildman–Crippen MR) is 149 cm³/mol. The molecule has 2 aromatic heterocycles. The molecule has 1 amide bonds. The van der Waals surface area contributed by atoms with E-state index in [-0.39, 0.29) is 23.7 Å². The number of likely N-dealkylation sites (tertiary alicyclic amines) is 1. The van der Waals surface area contributed by atoms with E-state index in [0.29, 0.717) is 43.4 Å². The third-order valence-electron chi connectivity index (χ3n) is 9.05. The van der Waals surface area contributed by atoms with Crippen LogP contribution in [0.3, 0.4) is 0 Å². The number of rotatable bonds is 8. The van der Waals surface area contributed by atoms with Crippen molar-refractivity contribution in [1.29, 1.82) is 5.26 Å². The van der Waals surface area contributed by atoms with Gasteiger partial charge in [0.05, 0.1) is 6.07 Å². The van der Waals surface area contributed by atoms with Gasteiger partial charge in [0.25, 0.3) is 11.8 Å². The lowest BCUT2D eigenvalue weighted by molar-refractivity contribution is -0.100. The number of hydrogen-bond donors (Lipinski definition) is 1. The summed E-state index contributed by atoms with van der Waals surface area (Å²) < 4.78 is 30.0. The van der Waals surface area contributed by atoms with Crippen LogP contribution in [0.1, 0.15) is 78.1 Å². The van der Waals surface area contributed by atoms with E-state index < -0.39 is 11.8 Å². The Morgan fingerprint density at radius 1 is 1.22 bits per heavy atom. The predicted octanol–water partition coefficient (Wildman–Crippen LogP) is 5.23. The molecule has 1 saturated heterocycles. The molecule has 3 fully saturated rings. The van der Waals surface area contributed by atoms with Crippen molar-refractivity contribution in [2.24, 2.45) is 18.9 Å². The molecule has 2 saturated carbocycles. The highest BCUT2D eigenvalue weighted by Gasteiger charge is 2.46. The number of aromatic nitrogens is 4. The summed E-state index contributed by atoms with van der Waals surface area (Å²) in [5.74, 6) is -2.43. The molecule has 6 rings (SSSR count). The van der Waals surface area contributed by atoms with E-state index in [1.807, 2.05) is 46.8 Å². The molecule has 1 aromatic carbocycles. The SMILES string of the molecule is C[C@@H]1CN(Cc2cc(C(=O)Nc3cccc([C@]4(Cc5nncn5C)C[C@@H](C#N)C4)c3)nc(C3CC3)c2)CCC1(F)F. The van der Waals surface area contributed by atoms with Crippen LogP contribution in [0.4, 0.5) is 14.5 Å². The number of alkyl halides is 2. The average molecular weight is 560 g/mol. The second kappa shape index (κ2) is 10.6. The Hall–Kier alpha value is -3.71. The molecule has 41 heavy (non-hydrogen) atoms. The summed E-state index contributed by atoms with van der Waals surface area (Å²) in [6.45, 7) is 2.77. The number of carbonyl (C=O) groups excluding carboxylic acids is 1. The van der Waals surface area contributed by atoms with Gasteiger partial charge in [0.15, 0.2) is 0 Å². The maximum absolute atomic E-state index is 14.0. The first-order chi connectivity index (χ1) is 19.6. The lowest BCUT2D eigenvalue weighted by Crippen LogP contribution is -2.45. The first-order valence-corrected chi connectivity index (χ1v) is 14.4. The van der Waals surface area contributed by atoms with Gasteiger partial charge in [-0.3, -0.25) is 9.69 Å². The summed E-state index contributed by atoms with van der Waals surface area (Å²) in [6, 6.07) is 14.0. The van der Waals surface area contributed by atoms with Crippen molar-refractivity contribution in [1.82, 2.24) is 24.6 Å². The lowest BCUT2D eigenvalue weighted by atomic mass is 9.57. The number of nitrogens with zero attached hydrogens (tertiary/aromatic N) is 6. The molecule has 3 heterocycles. The first kappa shape index (κ1) is 27.5. The Morgan fingerprint density at radius 3 is 2.71 bits per heavy atom. The van der Waals surface area contributed by atoms with Crippen LogP contribution >= 0.6 is 0 Å². The third-order valence-corrected chi connectivity index (χ3v) is 9.05. The van der Waals surface area contributed by atoms with Crippen molar-refractivity contribution in [3.8, 4) is 6.07 Å². The topological polar surface area (TPSA) is 99.7 Å². The second-order valence-electron chi connectivity index (χ2n) is 12.3. The van der Waals surface area contributed by atoms with E-state index in [2.05, 4.69) is 21.6 Å². The summed E-state index contributed by atoms with van der Waals surface area (Å²) in [4.78, 5) is 20.2. The number of aryl methyl sites for hydroxylation is 1. The summed E-state index contributed by atoms with van der Waals surface area (Å²) >= 11 is 0. The largest absolute Gasteiger partial charge is 0.321 e. The molecule has 3 aliphatic rings. The van der Waals surface area contributed by atoms with Crippen molar-refractivity contribution in [2.75, 3.05) is 18.4 Å². The molecule has 2 aliphatic carbocycles. The molecule has 1 aliphatic heterocycles. The summed E-state index contributed by atoms with van der Waals surface area (Å²) in [6.07, 6.45) is 5.73. The normalized spacial score (nSPS) is 25.7. The van der Waals surface area contributed by atoms with Gasteiger partial charge in [-0.1, -0.05) is 19.1 Å². The maximum Gasteiger partial charge on any atom is 0.274 e. The van der Waals surface area contributed by atoms with E-state index in [4.69, 9.17) is 4.98 Å². The van der Waals surface area contributed by atoms with Gasteiger partial charge in [-0.15, -0.1) is 10.2 Å². The fourth-order valence-corrected chi connectivity index (χ4v) is 6.32. The molecular weight excluding hydrogens is 524 g/mol. The summed E-state index contributed by atoms with van der Waals surface area (Å²) in [7, 11) is 1.91. The zero-order valence-electron chi connectivity index (χ0n) is 23.5. The lowest BCUT2D eigenvalue weighted by Gasteiger charge is -2.45. The Balaban J connectivity index is 1.21. The smallest absolute Gasteiger partial charge is 0.274 e. The van der Waals surface area contributed by atoms with Crippen molar-refractivity contribution in [3.63, 3.8) is 0 Å². The summed E-state index contributed by atoms with van der Waals surface area (Å²) in [5, 5.41) is 20.8. The van der Waals surface area contributed by atoms with Crippen LogP contribution in [0, 0.1) is 23.2 Å². The van der Waals surface area contributed by atoms with Gasteiger partial charge in [-0.05, 0) is 61.1 Å². The molecular formula is C31H35F2N7O. The number of nitrogens with one attached hydrogen (secondary N) is 1. The van der Waals surface area contributed by atoms with Gasteiger partial charge in [-0.2, -0.15) is 5.26 Å². The minimum absolute atomic E-state index is 0.0108. The van der Waals surface area contributed by atoms with E-state index in [0.717, 1.165) is 48.3 Å². The highest BCUT2D eigenvalue weighted by atomic mass is 19.3. The fourth-order valence-electron chi connectivity index (χ4n) is 6.32. The van der Waals surface area contributed by atoms with E-state index in [1.165, 1.54) is 0 Å². The molecule has 214 valence electrons. The Kier molecular flexibility index (Phi) is 7.10. The molecule has 3 aromatic rings. The van der Waals surface area contributed by atoms with Crippen LogP contribution in [-0.4, -0.2) is 49.6 Å². The zero-order valence-corrected chi connectivity index (χ0v) is 23.5. The molecule has 0 radical (unpaired) electrons. The van der Waals surface area contributed by atoms with Crippen LogP contribution in [0.5, 0.6) is 0 Å². The van der Waals surface area contributed by atoms with E-state index >= 15 is 0 Å². The molecule has 1 N–H and O–H groups in total. The molecule has 8 nitrogen and oxygen atoms in total.